The number of hydrogen-bond donors (Lipinski definition) is 1. The van der Waals surface area contributed by atoms with E-state index >= 15 is 0 Å². The number of hydrogen-bond acceptors (Lipinski definition) is 6. The molecule has 0 radical (unpaired) electrons. The summed E-state index contributed by atoms with van der Waals surface area (Å²) < 4.78 is 15.0. The number of amides is 2. The van der Waals surface area contributed by atoms with E-state index in [9.17, 15) is 14.4 Å². The van der Waals surface area contributed by atoms with Crippen LogP contribution in [0.25, 0.3) is 0 Å². The Labute approximate surface area is 130 Å². The third-order valence-corrected chi connectivity index (χ3v) is 3.07. The Kier molecular flexibility index (Phi) is 6.16. The van der Waals surface area contributed by atoms with E-state index < -0.39 is 29.6 Å². The molecule has 126 valence electrons. The number of ether oxygens (including phenoxy) is 3. The van der Waals surface area contributed by atoms with Gasteiger partial charge in [-0.3, -0.25) is 9.59 Å². The maximum atomic E-state index is 12.3. The first kappa shape index (κ1) is 18.2. The summed E-state index contributed by atoms with van der Waals surface area (Å²) >= 11 is 0. The smallest absolute Gasteiger partial charge is 0.407 e. The molecule has 8 nitrogen and oxygen atoms in total. The van der Waals surface area contributed by atoms with Crippen LogP contribution in [0.2, 0.25) is 0 Å². The van der Waals surface area contributed by atoms with Crippen LogP contribution in [0, 0.1) is 5.92 Å². The van der Waals surface area contributed by atoms with Crippen LogP contribution < -0.4 is 5.32 Å². The molecule has 0 aromatic carbocycles. The fourth-order valence-corrected chi connectivity index (χ4v) is 2.02. The van der Waals surface area contributed by atoms with Crippen molar-refractivity contribution in [1.29, 1.82) is 0 Å². The SMILES string of the molecule is COC(=O)CN(C)C(=O)[C@@H]1COC[C@@H]1NC(=O)OC(C)(C)C. The van der Waals surface area contributed by atoms with Gasteiger partial charge < -0.3 is 24.4 Å². The summed E-state index contributed by atoms with van der Waals surface area (Å²) in [4.78, 5) is 36.6. The third-order valence-electron chi connectivity index (χ3n) is 3.07. The Morgan fingerprint density at radius 3 is 2.45 bits per heavy atom. The number of alkyl carbamates (subject to hydrolysis) is 1. The number of rotatable bonds is 4. The molecule has 2 amide bonds. The molecule has 1 saturated heterocycles. The molecule has 0 unspecified atom stereocenters. The Hall–Kier alpha value is -1.83. The van der Waals surface area contributed by atoms with Crippen molar-refractivity contribution in [2.45, 2.75) is 32.4 Å². The van der Waals surface area contributed by atoms with Crippen LogP contribution in [0.15, 0.2) is 0 Å². The number of nitrogens with one attached hydrogen (secondary N) is 1. The second-order valence-electron chi connectivity index (χ2n) is 6.17. The van der Waals surface area contributed by atoms with Gasteiger partial charge in [-0.1, -0.05) is 0 Å². The minimum absolute atomic E-state index is 0.148. The summed E-state index contributed by atoms with van der Waals surface area (Å²) in [5.74, 6) is -1.35. The normalized spacial score (nSPS) is 21.1. The summed E-state index contributed by atoms with van der Waals surface area (Å²) in [5.41, 5.74) is -0.620. The first-order valence-corrected chi connectivity index (χ1v) is 7.03. The Bertz CT molecular complexity index is 432. The lowest BCUT2D eigenvalue weighted by Gasteiger charge is -2.25. The number of carbonyl (C=O) groups is 3. The zero-order valence-electron chi connectivity index (χ0n) is 13.7. The molecule has 2 atom stereocenters. The molecule has 0 aromatic heterocycles. The van der Waals surface area contributed by atoms with Crippen LogP contribution >= 0.6 is 0 Å². The van der Waals surface area contributed by atoms with E-state index in [0.717, 1.165) is 0 Å². The van der Waals surface area contributed by atoms with Crippen LogP contribution in [-0.2, 0) is 23.8 Å². The van der Waals surface area contributed by atoms with Gasteiger partial charge in [0, 0.05) is 7.05 Å². The number of esters is 1. The first-order valence-electron chi connectivity index (χ1n) is 7.03. The summed E-state index contributed by atoms with van der Waals surface area (Å²) in [6, 6.07) is -0.484. The molecular formula is C14H24N2O6. The molecule has 1 aliphatic heterocycles. The van der Waals surface area contributed by atoms with Crippen LogP contribution in [0.3, 0.4) is 0 Å². The van der Waals surface area contributed by atoms with Crippen molar-refractivity contribution in [3.8, 4) is 0 Å². The molecule has 0 saturated carbocycles. The molecule has 0 bridgehead atoms. The van der Waals surface area contributed by atoms with Crippen LogP contribution in [0.5, 0.6) is 0 Å². The van der Waals surface area contributed by atoms with Gasteiger partial charge >= 0.3 is 12.1 Å². The quantitative estimate of drug-likeness (QED) is 0.742. The molecule has 0 aromatic rings. The van der Waals surface area contributed by atoms with E-state index in [0.29, 0.717) is 0 Å². The predicted molar refractivity (Wildman–Crippen MR) is 77.1 cm³/mol. The monoisotopic (exact) mass is 316 g/mol. The van der Waals surface area contributed by atoms with E-state index in [-0.39, 0.29) is 25.7 Å². The summed E-state index contributed by atoms with van der Waals surface area (Å²) in [6.45, 7) is 5.52. The van der Waals surface area contributed by atoms with Gasteiger partial charge in [-0.05, 0) is 20.8 Å². The fraction of sp³-hybridized carbons (Fsp3) is 0.786. The second kappa shape index (κ2) is 7.44. The lowest BCUT2D eigenvalue weighted by molar-refractivity contribution is -0.147. The van der Waals surface area contributed by atoms with E-state index in [1.807, 2.05) is 0 Å². The average Bonchev–Trinajstić information content (AvgIpc) is 2.83. The summed E-state index contributed by atoms with van der Waals surface area (Å²) in [7, 11) is 2.76. The van der Waals surface area contributed by atoms with Crippen LogP contribution in [-0.4, -0.2) is 68.4 Å². The molecule has 0 aliphatic carbocycles. The maximum Gasteiger partial charge on any atom is 0.407 e. The maximum absolute atomic E-state index is 12.3. The zero-order valence-corrected chi connectivity index (χ0v) is 13.7. The number of methoxy groups -OCH3 is 1. The standard InChI is InChI=1S/C14H24N2O6/c1-14(2,3)22-13(19)15-10-8-21-7-9(10)12(18)16(4)6-11(17)20-5/h9-10H,6-8H2,1-5H3,(H,15,19)/t9-,10+/m1/s1. The second-order valence-corrected chi connectivity index (χ2v) is 6.17. The van der Waals surface area contributed by atoms with Crippen molar-refractivity contribution in [1.82, 2.24) is 10.2 Å². The highest BCUT2D eigenvalue weighted by Gasteiger charge is 2.37. The molecule has 1 rings (SSSR count). The Balaban J connectivity index is 2.60. The average molecular weight is 316 g/mol. The lowest BCUT2D eigenvalue weighted by Crippen LogP contribution is -2.48. The molecule has 1 fully saturated rings. The molecule has 22 heavy (non-hydrogen) atoms. The summed E-state index contributed by atoms with van der Waals surface area (Å²) in [5, 5.41) is 2.64. The van der Waals surface area contributed by atoms with Gasteiger partial charge in [0.2, 0.25) is 5.91 Å². The van der Waals surface area contributed by atoms with E-state index in [1.165, 1.54) is 19.1 Å². The Morgan fingerprint density at radius 2 is 1.91 bits per heavy atom. The van der Waals surface area contributed by atoms with Crippen molar-refractivity contribution in [2.24, 2.45) is 5.92 Å². The van der Waals surface area contributed by atoms with Crippen LogP contribution in [0.4, 0.5) is 4.79 Å². The van der Waals surface area contributed by atoms with Crippen LogP contribution in [0.1, 0.15) is 20.8 Å². The van der Waals surface area contributed by atoms with E-state index in [4.69, 9.17) is 9.47 Å². The van der Waals surface area contributed by atoms with Gasteiger partial charge in [0.05, 0.1) is 32.3 Å². The lowest BCUT2D eigenvalue weighted by atomic mass is 10.0. The molecular weight excluding hydrogens is 292 g/mol. The Morgan fingerprint density at radius 1 is 1.27 bits per heavy atom. The third kappa shape index (κ3) is 5.51. The number of carbonyl (C=O) groups excluding carboxylic acids is 3. The van der Waals surface area contributed by atoms with Crippen molar-refractivity contribution in [2.75, 3.05) is 33.9 Å². The van der Waals surface area contributed by atoms with E-state index in [2.05, 4.69) is 10.1 Å². The summed E-state index contributed by atoms with van der Waals surface area (Å²) in [6.07, 6.45) is -0.601. The first-order chi connectivity index (χ1) is 10.1. The van der Waals surface area contributed by atoms with Crippen molar-refractivity contribution >= 4 is 18.0 Å². The highest BCUT2D eigenvalue weighted by atomic mass is 16.6. The van der Waals surface area contributed by atoms with Crippen molar-refractivity contribution < 1.29 is 28.6 Å². The minimum atomic E-state index is -0.620. The molecule has 1 aliphatic rings. The van der Waals surface area contributed by atoms with Gasteiger partial charge in [0.15, 0.2) is 0 Å². The van der Waals surface area contributed by atoms with Crippen molar-refractivity contribution in [3.63, 3.8) is 0 Å². The van der Waals surface area contributed by atoms with Gasteiger partial charge in [0.1, 0.15) is 12.1 Å². The zero-order chi connectivity index (χ0) is 16.9. The van der Waals surface area contributed by atoms with Gasteiger partial charge in [-0.25, -0.2) is 4.79 Å². The molecule has 8 heteroatoms. The van der Waals surface area contributed by atoms with Gasteiger partial charge in [-0.2, -0.15) is 0 Å². The highest BCUT2D eigenvalue weighted by molar-refractivity contribution is 5.84. The highest BCUT2D eigenvalue weighted by Crippen LogP contribution is 2.17. The van der Waals surface area contributed by atoms with Gasteiger partial charge in [0.25, 0.3) is 0 Å². The number of nitrogens with zero attached hydrogens (tertiary/aromatic N) is 1. The molecule has 0 spiro atoms. The fourth-order valence-electron chi connectivity index (χ4n) is 2.02. The predicted octanol–water partition coefficient (Wildman–Crippen LogP) is 0.158. The van der Waals surface area contributed by atoms with Gasteiger partial charge in [-0.15, -0.1) is 0 Å². The number of likely N-dealkylation sites (N-methyl/N-ethyl adjacent to an activating group) is 1. The molecule has 1 heterocycles. The van der Waals surface area contributed by atoms with Crippen molar-refractivity contribution in [3.05, 3.63) is 0 Å². The topological polar surface area (TPSA) is 94.2 Å². The molecule has 1 N–H and O–H groups in total. The van der Waals surface area contributed by atoms with E-state index in [1.54, 1.807) is 20.8 Å². The largest absolute Gasteiger partial charge is 0.468 e. The minimum Gasteiger partial charge on any atom is -0.468 e.